The monoisotopic (exact) mass is 453 g/mol. The molecular weight excluding hydrogens is 418 g/mol. The van der Waals surface area contributed by atoms with Crippen LogP contribution in [0.3, 0.4) is 0 Å². The van der Waals surface area contributed by atoms with Crippen molar-refractivity contribution in [3.63, 3.8) is 0 Å². The highest BCUT2D eigenvalue weighted by Crippen LogP contribution is 2.33. The number of nitrogens with one attached hydrogen (secondary N) is 2. The molecule has 2 saturated carbocycles. The molecule has 33 heavy (non-hydrogen) atoms. The lowest BCUT2D eigenvalue weighted by Gasteiger charge is -2.35. The quantitative estimate of drug-likeness (QED) is 0.691. The van der Waals surface area contributed by atoms with Gasteiger partial charge in [-0.05, 0) is 75.1 Å². The number of allylic oxidation sites excluding steroid dienone is 1. The van der Waals surface area contributed by atoms with E-state index in [0.29, 0.717) is 43.1 Å². The SMILES string of the molecule is C=C1CCC(N2Cc3cc(OC4CCCCC4N[C@H]4CCC[C@@H]4OC)ccc3C2=O)C(=O)N1. The van der Waals surface area contributed by atoms with Gasteiger partial charge in [0.2, 0.25) is 5.91 Å². The maximum Gasteiger partial charge on any atom is 0.255 e. The van der Waals surface area contributed by atoms with E-state index < -0.39 is 6.04 Å². The molecule has 0 bridgehead atoms. The number of piperidine rings is 1. The number of carbonyl (C=O) groups excluding carboxylic acids is 2. The van der Waals surface area contributed by atoms with Crippen LogP contribution in [0.2, 0.25) is 0 Å². The molecule has 2 amide bonds. The summed E-state index contributed by atoms with van der Waals surface area (Å²) in [5, 5.41) is 6.64. The molecule has 7 nitrogen and oxygen atoms in total. The Kier molecular flexibility index (Phi) is 6.43. The van der Waals surface area contributed by atoms with Crippen LogP contribution in [0.1, 0.15) is 73.7 Å². The maximum absolute atomic E-state index is 13.0. The highest BCUT2D eigenvalue weighted by Gasteiger charge is 2.39. The summed E-state index contributed by atoms with van der Waals surface area (Å²) in [4.78, 5) is 27.1. The molecule has 1 aromatic rings. The number of hydrogen-bond acceptors (Lipinski definition) is 5. The summed E-state index contributed by atoms with van der Waals surface area (Å²) in [7, 11) is 1.81. The molecule has 3 fully saturated rings. The maximum atomic E-state index is 13.0. The first-order valence-electron chi connectivity index (χ1n) is 12.4. The molecule has 2 aliphatic carbocycles. The molecule has 2 aliphatic heterocycles. The first-order valence-corrected chi connectivity index (χ1v) is 12.4. The van der Waals surface area contributed by atoms with Crippen molar-refractivity contribution in [2.75, 3.05) is 7.11 Å². The number of benzene rings is 1. The number of rotatable bonds is 6. The Morgan fingerprint density at radius 2 is 1.79 bits per heavy atom. The van der Waals surface area contributed by atoms with Crippen LogP contribution in [-0.4, -0.2) is 54.2 Å². The number of methoxy groups -OCH3 is 1. The Labute approximate surface area is 195 Å². The second kappa shape index (κ2) is 9.47. The predicted molar refractivity (Wildman–Crippen MR) is 125 cm³/mol. The van der Waals surface area contributed by atoms with Crippen molar-refractivity contribution in [3.8, 4) is 5.75 Å². The largest absolute Gasteiger partial charge is 0.489 e. The molecule has 0 spiro atoms. The van der Waals surface area contributed by atoms with Gasteiger partial charge in [0.25, 0.3) is 5.91 Å². The first-order chi connectivity index (χ1) is 16.0. The van der Waals surface area contributed by atoms with Crippen LogP contribution < -0.4 is 15.4 Å². The fourth-order valence-electron chi connectivity index (χ4n) is 5.98. The van der Waals surface area contributed by atoms with Crippen molar-refractivity contribution in [1.29, 1.82) is 0 Å². The molecule has 178 valence electrons. The van der Waals surface area contributed by atoms with Gasteiger partial charge in [0, 0.05) is 37.0 Å². The van der Waals surface area contributed by atoms with Crippen molar-refractivity contribution in [1.82, 2.24) is 15.5 Å². The summed E-state index contributed by atoms with van der Waals surface area (Å²) in [6.45, 7) is 4.28. The number of hydrogen-bond donors (Lipinski definition) is 2. The zero-order valence-corrected chi connectivity index (χ0v) is 19.5. The van der Waals surface area contributed by atoms with E-state index in [2.05, 4.69) is 17.2 Å². The smallest absolute Gasteiger partial charge is 0.255 e. The Balaban J connectivity index is 1.26. The first kappa shape index (κ1) is 22.4. The third-order valence-corrected chi connectivity index (χ3v) is 7.78. The van der Waals surface area contributed by atoms with Gasteiger partial charge in [0.1, 0.15) is 17.9 Å². The van der Waals surface area contributed by atoms with Crippen LogP contribution in [0.15, 0.2) is 30.5 Å². The number of fused-ring (bicyclic) bond motifs is 1. The minimum Gasteiger partial charge on any atom is -0.489 e. The lowest BCUT2D eigenvalue weighted by molar-refractivity contribution is -0.126. The minimum atomic E-state index is -0.438. The Bertz CT molecular complexity index is 932. The summed E-state index contributed by atoms with van der Waals surface area (Å²) in [5.74, 6) is 0.591. The van der Waals surface area contributed by atoms with Crippen molar-refractivity contribution in [2.45, 2.75) is 94.7 Å². The second-order valence-corrected chi connectivity index (χ2v) is 9.92. The molecule has 5 atom stereocenters. The lowest BCUT2D eigenvalue weighted by atomic mass is 9.91. The molecule has 3 unspecified atom stereocenters. The van der Waals surface area contributed by atoms with Crippen LogP contribution in [0.4, 0.5) is 0 Å². The molecule has 0 aromatic heterocycles. The van der Waals surface area contributed by atoms with E-state index in [4.69, 9.17) is 9.47 Å². The van der Waals surface area contributed by atoms with E-state index in [9.17, 15) is 9.59 Å². The summed E-state index contributed by atoms with van der Waals surface area (Å²) < 4.78 is 12.2. The molecule has 2 heterocycles. The third kappa shape index (κ3) is 4.53. The molecule has 0 radical (unpaired) electrons. The van der Waals surface area contributed by atoms with Gasteiger partial charge in [-0.1, -0.05) is 13.0 Å². The zero-order valence-electron chi connectivity index (χ0n) is 19.5. The van der Waals surface area contributed by atoms with E-state index in [1.165, 1.54) is 19.3 Å². The van der Waals surface area contributed by atoms with Gasteiger partial charge in [-0.3, -0.25) is 9.59 Å². The van der Waals surface area contributed by atoms with E-state index in [0.717, 1.165) is 42.7 Å². The number of nitrogens with zero attached hydrogens (tertiary/aromatic N) is 1. The van der Waals surface area contributed by atoms with Crippen molar-refractivity contribution < 1.29 is 19.1 Å². The van der Waals surface area contributed by atoms with Gasteiger partial charge in [-0.2, -0.15) is 0 Å². The fourth-order valence-corrected chi connectivity index (χ4v) is 5.98. The fraction of sp³-hybridized carbons (Fsp3) is 0.615. The normalized spacial score (nSPS) is 32.1. The molecule has 2 N–H and O–H groups in total. The Morgan fingerprint density at radius 1 is 1.03 bits per heavy atom. The van der Waals surface area contributed by atoms with Gasteiger partial charge < -0.3 is 25.0 Å². The van der Waals surface area contributed by atoms with Gasteiger partial charge in [-0.25, -0.2) is 0 Å². The van der Waals surface area contributed by atoms with Crippen LogP contribution in [0.5, 0.6) is 5.75 Å². The highest BCUT2D eigenvalue weighted by molar-refractivity contribution is 6.01. The van der Waals surface area contributed by atoms with Crippen LogP contribution in [0, 0.1) is 0 Å². The van der Waals surface area contributed by atoms with Gasteiger partial charge >= 0.3 is 0 Å². The van der Waals surface area contributed by atoms with Crippen molar-refractivity contribution in [3.05, 3.63) is 41.6 Å². The zero-order chi connectivity index (χ0) is 22.9. The molecule has 4 aliphatic rings. The standard InChI is InChI=1S/C26H35N3O4/c1-16-10-13-22(25(30)27-16)29-15-17-14-18(11-12-19(17)26(29)31)33-24-8-4-3-6-21(24)28-20-7-5-9-23(20)32-2/h11-12,14,20-24,28H,1,3-10,13,15H2,2H3,(H,27,30)/t20-,21?,22?,23-,24?/m0/s1. The van der Waals surface area contributed by atoms with E-state index in [1.807, 2.05) is 25.3 Å². The predicted octanol–water partition coefficient (Wildman–Crippen LogP) is 3.28. The number of carbonyl (C=O) groups is 2. The Hall–Kier alpha value is -2.38. The third-order valence-electron chi connectivity index (χ3n) is 7.78. The van der Waals surface area contributed by atoms with Crippen LogP contribution in [-0.2, 0) is 16.1 Å². The minimum absolute atomic E-state index is 0.0757. The van der Waals surface area contributed by atoms with E-state index in [1.54, 1.807) is 4.90 Å². The highest BCUT2D eigenvalue weighted by atomic mass is 16.5. The average Bonchev–Trinajstić information content (AvgIpc) is 3.39. The number of ether oxygens (including phenoxy) is 2. The topological polar surface area (TPSA) is 79.9 Å². The summed E-state index contributed by atoms with van der Waals surface area (Å²) in [6, 6.07) is 6.02. The molecule has 1 aromatic carbocycles. The Morgan fingerprint density at radius 3 is 2.61 bits per heavy atom. The molecular formula is C26H35N3O4. The molecule has 7 heteroatoms. The van der Waals surface area contributed by atoms with Gasteiger partial charge in [0.05, 0.1) is 6.10 Å². The van der Waals surface area contributed by atoms with Crippen LogP contribution >= 0.6 is 0 Å². The van der Waals surface area contributed by atoms with E-state index >= 15 is 0 Å². The molecule has 5 rings (SSSR count). The van der Waals surface area contributed by atoms with Crippen molar-refractivity contribution in [2.24, 2.45) is 0 Å². The van der Waals surface area contributed by atoms with Crippen LogP contribution in [0.25, 0.3) is 0 Å². The van der Waals surface area contributed by atoms with Crippen molar-refractivity contribution >= 4 is 11.8 Å². The molecule has 1 saturated heterocycles. The summed E-state index contributed by atoms with van der Waals surface area (Å²) >= 11 is 0. The average molecular weight is 454 g/mol. The number of amides is 2. The summed E-state index contributed by atoms with van der Waals surface area (Å²) in [6.07, 6.45) is 9.71. The van der Waals surface area contributed by atoms with Gasteiger partial charge in [0.15, 0.2) is 0 Å². The van der Waals surface area contributed by atoms with E-state index in [-0.39, 0.29) is 17.9 Å². The second-order valence-electron chi connectivity index (χ2n) is 9.92. The lowest BCUT2D eigenvalue weighted by Crippen LogP contribution is -2.51. The van der Waals surface area contributed by atoms with Gasteiger partial charge in [-0.15, -0.1) is 0 Å². The summed E-state index contributed by atoms with van der Waals surface area (Å²) in [5.41, 5.74) is 2.33.